The molecule has 1 radical (unpaired) electrons. The third-order valence-electron chi connectivity index (χ3n) is 2.31. The van der Waals surface area contributed by atoms with Crippen LogP contribution >= 0.6 is 0 Å². The highest BCUT2D eigenvalue weighted by Crippen LogP contribution is 2.26. The van der Waals surface area contributed by atoms with Gasteiger partial charge in [-0.05, 0) is 12.8 Å². The summed E-state index contributed by atoms with van der Waals surface area (Å²) in [4.78, 5) is 3.82. The van der Waals surface area contributed by atoms with Gasteiger partial charge in [0.2, 0.25) is 0 Å². The summed E-state index contributed by atoms with van der Waals surface area (Å²) in [5, 5.41) is 4.09. The predicted octanol–water partition coefficient (Wildman–Crippen LogP) is 1.58. The minimum atomic E-state index is 0.575. The van der Waals surface area contributed by atoms with Gasteiger partial charge in [-0.25, -0.2) is 9.67 Å². The van der Waals surface area contributed by atoms with E-state index in [-0.39, 0.29) is 0 Å². The van der Waals surface area contributed by atoms with Gasteiger partial charge in [0.25, 0.3) is 0 Å². The Bertz CT molecular complexity index is 199. The first kappa shape index (κ1) is 6.83. The summed E-state index contributed by atoms with van der Waals surface area (Å²) in [6.07, 6.45) is 11.0. The summed E-state index contributed by atoms with van der Waals surface area (Å²) in [7, 11) is 0. The molecule has 0 saturated heterocycles. The molecule has 0 bridgehead atoms. The van der Waals surface area contributed by atoms with Gasteiger partial charge in [0.1, 0.15) is 6.33 Å². The van der Waals surface area contributed by atoms with Crippen LogP contribution in [0.1, 0.15) is 38.1 Å². The van der Waals surface area contributed by atoms with Gasteiger partial charge in [-0.2, -0.15) is 5.10 Å². The summed E-state index contributed by atoms with van der Waals surface area (Å²) in [6, 6.07) is 0.575. The van der Waals surface area contributed by atoms with Crippen LogP contribution in [-0.2, 0) is 0 Å². The molecule has 59 valence electrons. The number of rotatable bonds is 1. The number of hydrogen-bond acceptors (Lipinski definition) is 2. The summed E-state index contributed by atoms with van der Waals surface area (Å²) in [5.74, 6) is 0. The van der Waals surface area contributed by atoms with Crippen LogP contribution in [-0.4, -0.2) is 14.8 Å². The highest BCUT2D eigenvalue weighted by atomic mass is 15.3. The van der Waals surface area contributed by atoms with E-state index in [0.717, 1.165) is 0 Å². The largest absolute Gasteiger partial charge is 0.240 e. The van der Waals surface area contributed by atoms with Gasteiger partial charge >= 0.3 is 0 Å². The molecule has 1 fully saturated rings. The minimum absolute atomic E-state index is 0.575. The fourth-order valence-corrected chi connectivity index (χ4v) is 1.69. The van der Waals surface area contributed by atoms with Crippen molar-refractivity contribution in [1.29, 1.82) is 0 Å². The Kier molecular flexibility index (Phi) is 1.88. The zero-order valence-electron chi connectivity index (χ0n) is 6.53. The van der Waals surface area contributed by atoms with Crippen LogP contribution in [0, 0.1) is 6.33 Å². The molecule has 0 atom stereocenters. The molecule has 3 nitrogen and oxygen atoms in total. The van der Waals surface area contributed by atoms with E-state index in [9.17, 15) is 0 Å². The zero-order chi connectivity index (χ0) is 7.52. The van der Waals surface area contributed by atoms with E-state index in [4.69, 9.17) is 0 Å². The van der Waals surface area contributed by atoms with Gasteiger partial charge in [0.05, 0.1) is 6.04 Å². The third kappa shape index (κ3) is 1.42. The first-order valence-electron chi connectivity index (χ1n) is 4.24. The quantitative estimate of drug-likeness (QED) is 0.608. The lowest BCUT2D eigenvalue weighted by Crippen LogP contribution is -2.13. The van der Waals surface area contributed by atoms with Crippen LogP contribution in [0.3, 0.4) is 0 Å². The molecular weight excluding hydrogens is 138 g/mol. The molecule has 1 aliphatic rings. The van der Waals surface area contributed by atoms with E-state index in [0.29, 0.717) is 6.04 Å². The van der Waals surface area contributed by atoms with Crippen molar-refractivity contribution >= 4 is 0 Å². The van der Waals surface area contributed by atoms with E-state index in [1.165, 1.54) is 32.1 Å². The highest BCUT2D eigenvalue weighted by molar-refractivity contribution is 4.71. The molecule has 1 aromatic rings. The van der Waals surface area contributed by atoms with Gasteiger partial charge < -0.3 is 0 Å². The van der Waals surface area contributed by atoms with Crippen molar-refractivity contribution in [2.24, 2.45) is 0 Å². The van der Waals surface area contributed by atoms with Crippen molar-refractivity contribution in [3.8, 4) is 0 Å². The van der Waals surface area contributed by atoms with E-state index in [2.05, 4.69) is 16.4 Å². The first-order chi connectivity index (χ1) is 5.47. The predicted molar refractivity (Wildman–Crippen MR) is 41.0 cm³/mol. The van der Waals surface area contributed by atoms with Gasteiger partial charge in [-0.3, -0.25) is 0 Å². The summed E-state index contributed by atoms with van der Waals surface area (Å²) >= 11 is 0. The van der Waals surface area contributed by atoms with E-state index < -0.39 is 0 Å². The lowest BCUT2D eigenvalue weighted by Gasteiger charge is -2.20. The molecule has 1 aromatic heterocycles. The normalized spacial score (nSPS) is 20.4. The molecule has 1 heterocycles. The Morgan fingerprint density at radius 2 is 2.09 bits per heavy atom. The van der Waals surface area contributed by atoms with Crippen LogP contribution in [0.5, 0.6) is 0 Å². The Hall–Kier alpha value is -0.860. The maximum atomic E-state index is 4.09. The molecule has 0 aliphatic heterocycles. The average Bonchev–Trinajstić information content (AvgIpc) is 2.58. The standard InChI is InChI=1S/C8H12N3/c1-2-4-8(5-3-1)11-7-9-6-10-11/h6,8H,1-5H2. The lowest BCUT2D eigenvalue weighted by molar-refractivity contribution is 0.327. The molecule has 3 heteroatoms. The molecule has 1 aliphatic carbocycles. The highest BCUT2D eigenvalue weighted by Gasteiger charge is 2.15. The van der Waals surface area contributed by atoms with Crippen molar-refractivity contribution in [1.82, 2.24) is 14.8 Å². The summed E-state index contributed by atoms with van der Waals surface area (Å²) in [5.41, 5.74) is 0. The monoisotopic (exact) mass is 150 g/mol. The average molecular weight is 150 g/mol. The Morgan fingerprint density at radius 1 is 1.27 bits per heavy atom. The number of hydrogen-bond donors (Lipinski definition) is 0. The van der Waals surface area contributed by atoms with Crippen molar-refractivity contribution in [3.63, 3.8) is 0 Å². The third-order valence-corrected chi connectivity index (χ3v) is 2.31. The minimum Gasteiger partial charge on any atom is -0.240 e. The van der Waals surface area contributed by atoms with Gasteiger partial charge in [0, 0.05) is 0 Å². The SMILES string of the molecule is [c]1ncnn1C1CCCCC1. The molecule has 0 aromatic carbocycles. The van der Waals surface area contributed by atoms with Crippen molar-refractivity contribution in [3.05, 3.63) is 12.7 Å². The molecule has 0 N–H and O–H groups in total. The second-order valence-corrected chi connectivity index (χ2v) is 3.10. The van der Waals surface area contributed by atoms with Gasteiger partial charge in [0.15, 0.2) is 6.33 Å². The van der Waals surface area contributed by atoms with E-state index in [1.807, 2.05) is 4.68 Å². The maximum Gasteiger partial charge on any atom is 0.196 e. The topological polar surface area (TPSA) is 30.7 Å². The van der Waals surface area contributed by atoms with Crippen LogP contribution in [0.4, 0.5) is 0 Å². The van der Waals surface area contributed by atoms with Crippen molar-refractivity contribution < 1.29 is 0 Å². The Morgan fingerprint density at radius 3 is 2.73 bits per heavy atom. The van der Waals surface area contributed by atoms with Gasteiger partial charge in [-0.1, -0.05) is 19.3 Å². The van der Waals surface area contributed by atoms with Crippen molar-refractivity contribution in [2.45, 2.75) is 38.1 Å². The zero-order valence-corrected chi connectivity index (χ0v) is 6.53. The molecular formula is C8H12N3. The lowest BCUT2D eigenvalue weighted by atomic mass is 9.96. The Labute approximate surface area is 66.4 Å². The molecule has 1 saturated carbocycles. The van der Waals surface area contributed by atoms with E-state index in [1.54, 1.807) is 6.33 Å². The fraction of sp³-hybridized carbons (Fsp3) is 0.750. The number of nitrogens with zero attached hydrogens (tertiary/aromatic N) is 3. The molecule has 0 amide bonds. The Balaban J connectivity index is 2.04. The second-order valence-electron chi connectivity index (χ2n) is 3.10. The molecule has 11 heavy (non-hydrogen) atoms. The molecule has 2 rings (SSSR count). The second kappa shape index (κ2) is 3.03. The van der Waals surface area contributed by atoms with Crippen LogP contribution < -0.4 is 0 Å². The van der Waals surface area contributed by atoms with Crippen molar-refractivity contribution in [2.75, 3.05) is 0 Å². The fourth-order valence-electron chi connectivity index (χ4n) is 1.69. The summed E-state index contributed by atoms with van der Waals surface area (Å²) < 4.78 is 1.87. The first-order valence-corrected chi connectivity index (χ1v) is 4.24. The smallest absolute Gasteiger partial charge is 0.196 e. The van der Waals surface area contributed by atoms with E-state index >= 15 is 0 Å². The van der Waals surface area contributed by atoms with Crippen LogP contribution in [0.15, 0.2) is 6.33 Å². The van der Waals surface area contributed by atoms with Crippen LogP contribution in [0.2, 0.25) is 0 Å². The van der Waals surface area contributed by atoms with Crippen LogP contribution in [0.25, 0.3) is 0 Å². The summed E-state index contributed by atoms with van der Waals surface area (Å²) in [6.45, 7) is 0. The maximum absolute atomic E-state index is 4.09. The molecule has 0 unspecified atom stereocenters. The molecule has 0 spiro atoms. The number of aromatic nitrogens is 3. The van der Waals surface area contributed by atoms with Gasteiger partial charge in [-0.15, -0.1) is 0 Å².